The van der Waals surface area contributed by atoms with E-state index in [1.54, 1.807) is 11.3 Å². The first-order chi connectivity index (χ1) is 8.58. The van der Waals surface area contributed by atoms with Crippen molar-refractivity contribution in [2.75, 3.05) is 7.05 Å². The van der Waals surface area contributed by atoms with Gasteiger partial charge >= 0.3 is 0 Å². The molecule has 2 nitrogen and oxygen atoms in total. The van der Waals surface area contributed by atoms with Gasteiger partial charge in [0.1, 0.15) is 0 Å². The lowest BCUT2D eigenvalue weighted by molar-refractivity contribution is 0.319. The molecule has 98 valence electrons. The molecular formula is C13H17BrN2S2. The fourth-order valence-electron chi connectivity index (χ4n) is 1.93. The first-order valence-electron chi connectivity index (χ1n) is 5.78. The summed E-state index contributed by atoms with van der Waals surface area (Å²) in [4.78, 5) is 4.99. The summed E-state index contributed by atoms with van der Waals surface area (Å²) in [5, 5.41) is 2.20. The Morgan fingerprint density at radius 3 is 2.67 bits per heavy atom. The first-order valence-corrected chi connectivity index (χ1v) is 8.27. The first kappa shape index (κ1) is 14.2. The molecule has 0 bridgehead atoms. The van der Waals surface area contributed by atoms with Crippen LogP contribution in [0.3, 0.4) is 0 Å². The third kappa shape index (κ3) is 3.65. The van der Waals surface area contributed by atoms with E-state index in [0.717, 1.165) is 13.1 Å². The Morgan fingerprint density at radius 2 is 2.11 bits per heavy atom. The van der Waals surface area contributed by atoms with Crippen molar-refractivity contribution in [2.24, 2.45) is 5.73 Å². The van der Waals surface area contributed by atoms with Crippen molar-refractivity contribution in [1.82, 2.24) is 4.90 Å². The maximum atomic E-state index is 5.68. The zero-order valence-electron chi connectivity index (χ0n) is 10.6. The largest absolute Gasteiger partial charge is 0.326 e. The second kappa shape index (κ2) is 6.30. The molecule has 0 atom stereocenters. The fraction of sp³-hybridized carbons (Fsp3) is 0.385. The minimum absolute atomic E-state index is 0.646. The van der Waals surface area contributed by atoms with Crippen LogP contribution in [-0.2, 0) is 19.6 Å². The summed E-state index contributed by atoms with van der Waals surface area (Å²) in [6, 6.07) is 4.42. The van der Waals surface area contributed by atoms with Gasteiger partial charge in [-0.1, -0.05) is 0 Å². The van der Waals surface area contributed by atoms with Crippen LogP contribution in [0.4, 0.5) is 0 Å². The third-order valence-electron chi connectivity index (χ3n) is 2.79. The van der Waals surface area contributed by atoms with Gasteiger partial charge < -0.3 is 5.73 Å². The molecule has 2 aromatic rings. The number of nitrogens with two attached hydrogens (primary N) is 1. The molecule has 0 saturated carbocycles. The molecule has 0 spiro atoms. The second-order valence-corrected chi connectivity index (χ2v) is 8.06. The van der Waals surface area contributed by atoms with Crippen LogP contribution in [0.5, 0.6) is 0 Å². The highest BCUT2D eigenvalue weighted by molar-refractivity contribution is 9.11. The van der Waals surface area contributed by atoms with Crippen molar-refractivity contribution < 1.29 is 0 Å². The highest BCUT2D eigenvalue weighted by atomic mass is 79.9. The van der Waals surface area contributed by atoms with Gasteiger partial charge in [0.15, 0.2) is 0 Å². The molecule has 18 heavy (non-hydrogen) atoms. The monoisotopic (exact) mass is 344 g/mol. The number of hydrogen-bond acceptors (Lipinski definition) is 4. The molecule has 0 fully saturated rings. The van der Waals surface area contributed by atoms with Gasteiger partial charge in [0.25, 0.3) is 0 Å². The van der Waals surface area contributed by atoms with Crippen LogP contribution in [0.15, 0.2) is 21.3 Å². The molecule has 0 amide bonds. The molecule has 2 N–H and O–H groups in total. The van der Waals surface area contributed by atoms with E-state index < -0.39 is 0 Å². The molecule has 0 aliphatic rings. The summed E-state index contributed by atoms with van der Waals surface area (Å²) in [6.07, 6.45) is 0. The van der Waals surface area contributed by atoms with Crippen molar-refractivity contribution in [2.45, 2.75) is 26.6 Å². The third-order valence-corrected chi connectivity index (χ3v) is 5.46. The molecule has 0 radical (unpaired) electrons. The summed E-state index contributed by atoms with van der Waals surface area (Å²) in [7, 11) is 2.16. The van der Waals surface area contributed by atoms with Gasteiger partial charge in [0, 0.05) is 29.4 Å². The van der Waals surface area contributed by atoms with Crippen LogP contribution in [0.25, 0.3) is 0 Å². The number of aryl methyl sites for hydroxylation is 1. The van der Waals surface area contributed by atoms with Gasteiger partial charge in [-0.3, -0.25) is 4.90 Å². The Morgan fingerprint density at radius 1 is 1.33 bits per heavy atom. The molecule has 2 heterocycles. The standard InChI is InChI=1S/C13H17BrN2S2/c1-9-11(4-12(5-15)18-9)7-16(2)6-10-3-13(14)17-8-10/h3-4,8H,5-7,15H2,1-2H3. The molecule has 0 aliphatic carbocycles. The Bertz CT molecular complexity index is 519. The average Bonchev–Trinajstić information content (AvgIpc) is 2.86. The maximum absolute atomic E-state index is 5.68. The summed E-state index contributed by atoms with van der Waals surface area (Å²) in [5.41, 5.74) is 8.44. The van der Waals surface area contributed by atoms with E-state index in [4.69, 9.17) is 5.73 Å². The molecule has 5 heteroatoms. The van der Waals surface area contributed by atoms with Crippen molar-refractivity contribution >= 4 is 38.6 Å². The number of hydrogen-bond donors (Lipinski definition) is 1. The maximum Gasteiger partial charge on any atom is 0.0701 e. The van der Waals surface area contributed by atoms with Crippen LogP contribution >= 0.6 is 38.6 Å². The highest BCUT2D eigenvalue weighted by Gasteiger charge is 2.08. The lowest BCUT2D eigenvalue weighted by atomic mass is 10.2. The molecule has 0 aromatic carbocycles. The smallest absolute Gasteiger partial charge is 0.0701 e. The van der Waals surface area contributed by atoms with E-state index in [1.165, 1.54) is 24.7 Å². The van der Waals surface area contributed by atoms with Crippen LogP contribution < -0.4 is 5.73 Å². The van der Waals surface area contributed by atoms with Gasteiger partial charge in [-0.2, -0.15) is 0 Å². The Balaban J connectivity index is 1.98. The quantitative estimate of drug-likeness (QED) is 0.888. The fourth-order valence-corrected chi connectivity index (χ4v) is 4.06. The van der Waals surface area contributed by atoms with Gasteiger partial charge in [-0.15, -0.1) is 22.7 Å². The van der Waals surface area contributed by atoms with Gasteiger partial charge in [-0.25, -0.2) is 0 Å². The number of rotatable bonds is 5. The number of halogens is 1. The number of thiophene rings is 2. The highest BCUT2D eigenvalue weighted by Crippen LogP contribution is 2.24. The van der Waals surface area contributed by atoms with Crippen LogP contribution in [0.1, 0.15) is 20.9 Å². The number of nitrogens with zero attached hydrogens (tertiary/aromatic N) is 1. The minimum Gasteiger partial charge on any atom is -0.326 e. The zero-order valence-corrected chi connectivity index (χ0v) is 13.8. The van der Waals surface area contributed by atoms with Crippen molar-refractivity contribution in [3.8, 4) is 0 Å². The summed E-state index contributed by atoms with van der Waals surface area (Å²) >= 11 is 7.05. The summed E-state index contributed by atoms with van der Waals surface area (Å²) in [5.74, 6) is 0. The van der Waals surface area contributed by atoms with Crippen LogP contribution in [0, 0.1) is 6.92 Å². The van der Waals surface area contributed by atoms with Crippen LogP contribution in [-0.4, -0.2) is 11.9 Å². The molecule has 0 saturated heterocycles. The van der Waals surface area contributed by atoms with Crippen molar-refractivity contribution in [3.63, 3.8) is 0 Å². The zero-order chi connectivity index (χ0) is 13.1. The SMILES string of the molecule is Cc1sc(CN)cc1CN(C)Cc1csc(Br)c1. The van der Waals surface area contributed by atoms with Crippen LogP contribution in [0.2, 0.25) is 0 Å². The summed E-state index contributed by atoms with van der Waals surface area (Å²) in [6.45, 7) is 4.78. The van der Waals surface area contributed by atoms with Gasteiger partial charge in [-0.05, 0) is 58.5 Å². The van der Waals surface area contributed by atoms with E-state index in [-0.39, 0.29) is 0 Å². The topological polar surface area (TPSA) is 29.3 Å². The predicted octanol–water partition coefficient (Wildman–Crippen LogP) is 3.97. The lowest BCUT2D eigenvalue weighted by Gasteiger charge is -2.15. The van der Waals surface area contributed by atoms with E-state index in [9.17, 15) is 0 Å². The van der Waals surface area contributed by atoms with E-state index in [1.807, 2.05) is 11.3 Å². The van der Waals surface area contributed by atoms with E-state index >= 15 is 0 Å². The summed E-state index contributed by atoms with van der Waals surface area (Å²) < 4.78 is 1.20. The van der Waals surface area contributed by atoms with E-state index in [0.29, 0.717) is 6.54 Å². The lowest BCUT2D eigenvalue weighted by Crippen LogP contribution is -2.16. The molecule has 2 rings (SSSR count). The van der Waals surface area contributed by atoms with Crippen molar-refractivity contribution in [1.29, 1.82) is 0 Å². The van der Waals surface area contributed by atoms with E-state index in [2.05, 4.69) is 52.3 Å². The van der Waals surface area contributed by atoms with Crippen molar-refractivity contribution in [3.05, 3.63) is 42.2 Å². The Labute approximate surface area is 125 Å². The Kier molecular flexibility index (Phi) is 4.98. The van der Waals surface area contributed by atoms with Gasteiger partial charge in [0.05, 0.1) is 3.79 Å². The molecular weight excluding hydrogens is 328 g/mol. The van der Waals surface area contributed by atoms with Gasteiger partial charge in [0.2, 0.25) is 0 Å². The molecule has 2 aromatic heterocycles. The molecule has 0 aliphatic heterocycles. The Hall–Kier alpha value is -0.200. The minimum atomic E-state index is 0.646. The predicted molar refractivity (Wildman–Crippen MR) is 84.1 cm³/mol. The second-order valence-electron chi connectivity index (χ2n) is 4.43. The normalized spacial score (nSPS) is 11.4. The molecule has 0 unspecified atom stereocenters. The average molecular weight is 345 g/mol.